The monoisotopic (exact) mass is 753 g/mol. The SMILES string of the molecule is C=C[C@@H]1C[C@]1(NC(=O)[C@H]1C[C@@H](Oc2cc(-c3ccccc3)nc3ccc(OC)cc23)CN1C(=O)[C@@H](NC(=O)[C@@H](NC(C)=O)C1CCCCC1)C(C)C)C(=O)O. The number of aromatic nitrogens is 1. The number of carbonyl (C=O) groups is 5. The second-order valence-electron chi connectivity index (χ2n) is 15.4. The third kappa shape index (κ3) is 8.45. The Morgan fingerprint density at radius 3 is 2.36 bits per heavy atom. The van der Waals surface area contributed by atoms with Gasteiger partial charge < -0.3 is 35.4 Å². The van der Waals surface area contributed by atoms with Crippen LogP contribution in [0.1, 0.15) is 65.7 Å². The Labute approximate surface area is 321 Å². The van der Waals surface area contributed by atoms with Gasteiger partial charge in [-0.1, -0.05) is 69.5 Å². The highest BCUT2D eigenvalue weighted by molar-refractivity contribution is 5.97. The van der Waals surface area contributed by atoms with Gasteiger partial charge in [0.1, 0.15) is 41.3 Å². The van der Waals surface area contributed by atoms with E-state index in [1.165, 1.54) is 17.9 Å². The lowest BCUT2D eigenvalue weighted by Gasteiger charge is -2.34. The minimum Gasteiger partial charge on any atom is -0.497 e. The van der Waals surface area contributed by atoms with Crippen molar-refractivity contribution < 1.29 is 38.6 Å². The third-order valence-corrected chi connectivity index (χ3v) is 11.2. The summed E-state index contributed by atoms with van der Waals surface area (Å²) in [7, 11) is 1.56. The Morgan fingerprint density at radius 1 is 1.02 bits per heavy atom. The van der Waals surface area contributed by atoms with Crippen LogP contribution >= 0.6 is 0 Å². The fourth-order valence-electron chi connectivity index (χ4n) is 8.05. The zero-order chi connectivity index (χ0) is 39.4. The van der Waals surface area contributed by atoms with E-state index in [1.54, 1.807) is 21.0 Å². The van der Waals surface area contributed by atoms with Gasteiger partial charge in [-0.05, 0) is 49.3 Å². The molecule has 13 heteroatoms. The highest BCUT2D eigenvalue weighted by atomic mass is 16.5. The summed E-state index contributed by atoms with van der Waals surface area (Å²) in [6.45, 7) is 8.68. The van der Waals surface area contributed by atoms with Crippen molar-refractivity contribution in [2.45, 2.75) is 95.5 Å². The lowest BCUT2D eigenvalue weighted by molar-refractivity contribution is -0.146. The minimum absolute atomic E-state index is 0.0207. The quantitative estimate of drug-likeness (QED) is 0.171. The number of nitrogens with one attached hydrogen (secondary N) is 3. The minimum atomic E-state index is -1.52. The van der Waals surface area contributed by atoms with E-state index >= 15 is 0 Å². The van der Waals surface area contributed by atoms with Gasteiger partial charge in [-0.25, -0.2) is 9.78 Å². The molecular formula is C42H51N5O8. The number of aliphatic carboxylic acids is 1. The largest absolute Gasteiger partial charge is 0.497 e. The number of amides is 4. The third-order valence-electron chi connectivity index (χ3n) is 11.2. The number of nitrogens with zero attached hydrogens (tertiary/aromatic N) is 2. The number of carboxylic acids is 1. The van der Waals surface area contributed by atoms with Gasteiger partial charge in [-0.3, -0.25) is 19.2 Å². The van der Waals surface area contributed by atoms with Gasteiger partial charge in [0.05, 0.1) is 24.9 Å². The molecule has 1 aliphatic heterocycles. The standard InChI is InChI=1S/C42H51N5O8/c1-6-28-22-42(28,41(52)53)46-38(49)34-20-30(55-35-21-33(26-13-9-7-10-14-26)44-32-18-17-29(54-5)19-31(32)35)23-47(34)40(51)36(24(2)3)45-39(50)37(43-25(4)48)27-15-11-8-12-16-27/h6-7,9-10,13-14,17-19,21,24,27-28,30,34,36-37H,1,8,11-12,15-16,20,22-23H2,2-5H3,(H,43,48)(H,45,50)(H,46,49)(H,52,53)/t28-,30-,34-,36+,37+,42-/m1/s1. The molecule has 3 aliphatic rings. The Kier molecular flexibility index (Phi) is 11.8. The number of methoxy groups -OCH3 is 1. The second kappa shape index (κ2) is 16.5. The van der Waals surface area contributed by atoms with Crippen LogP contribution in [0.4, 0.5) is 0 Å². The van der Waals surface area contributed by atoms with Crippen LogP contribution in [0.15, 0.2) is 67.3 Å². The zero-order valence-electron chi connectivity index (χ0n) is 31.9. The first-order valence-electron chi connectivity index (χ1n) is 19.1. The number of fused-ring (bicyclic) bond motifs is 1. The maximum absolute atomic E-state index is 14.7. The lowest BCUT2D eigenvalue weighted by Crippen LogP contribution is -2.60. The van der Waals surface area contributed by atoms with Crippen molar-refractivity contribution in [2.24, 2.45) is 17.8 Å². The summed E-state index contributed by atoms with van der Waals surface area (Å²) in [5.41, 5.74) is 0.660. The molecule has 3 fully saturated rings. The molecule has 3 aromatic rings. The van der Waals surface area contributed by atoms with Gasteiger partial charge in [0.25, 0.3) is 0 Å². The predicted molar refractivity (Wildman–Crippen MR) is 206 cm³/mol. The number of benzene rings is 2. The van der Waals surface area contributed by atoms with Crippen molar-refractivity contribution in [3.8, 4) is 22.8 Å². The fourth-order valence-corrected chi connectivity index (χ4v) is 8.05. The first-order valence-corrected chi connectivity index (χ1v) is 19.1. The van der Waals surface area contributed by atoms with E-state index in [0.29, 0.717) is 28.1 Å². The molecule has 0 spiro atoms. The molecule has 0 unspecified atom stereocenters. The summed E-state index contributed by atoms with van der Waals surface area (Å²) in [5, 5.41) is 19.2. The smallest absolute Gasteiger partial charge is 0.330 e. The summed E-state index contributed by atoms with van der Waals surface area (Å²) < 4.78 is 12.2. The number of hydrogen-bond donors (Lipinski definition) is 4. The van der Waals surface area contributed by atoms with Gasteiger partial charge in [0.15, 0.2) is 0 Å². The van der Waals surface area contributed by atoms with Crippen LogP contribution in [0.5, 0.6) is 11.5 Å². The van der Waals surface area contributed by atoms with Crippen molar-refractivity contribution in [1.29, 1.82) is 0 Å². The van der Waals surface area contributed by atoms with Crippen molar-refractivity contribution >= 4 is 40.5 Å². The van der Waals surface area contributed by atoms with Gasteiger partial charge in [0, 0.05) is 36.3 Å². The number of carbonyl (C=O) groups excluding carboxylic acids is 4. The molecule has 2 aromatic carbocycles. The number of hydrogen-bond acceptors (Lipinski definition) is 8. The number of likely N-dealkylation sites (tertiary alicyclic amines) is 1. The van der Waals surface area contributed by atoms with Gasteiger partial charge >= 0.3 is 5.97 Å². The normalized spacial score (nSPS) is 23.4. The van der Waals surface area contributed by atoms with Crippen LogP contribution in [0, 0.1) is 17.8 Å². The van der Waals surface area contributed by atoms with E-state index in [9.17, 15) is 29.1 Å². The highest BCUT2D eigenvalue weighted by Crippen LogP contribution is 2.45. The van der Waals surface area contributed by atoms with E-state index in [-0.39, 0.29) is 31.2 Å². The summed E-state index contributed by atoms with van der Waals surface area (Å²) in [6.07, 6.45) is 5.56. The average molecular weight is 754 g/mol. The van der Waals surface area contributed by atoms with E-state index in [0.717, 1.165) is 37.7 Å². The van der Waals surface area contributed by atoms with E-state index < -0.39 is 65.3 Å². The Bertz CT molecular complexity index is 1950. The van der Waals surface area contributed by atoms with Gasteiger partial charge in [-0.2, -0.15) is 0 Å². The van der Waals surface area contributed by atoms with E-state index in [4.69, 9.17) is 14.5 Å². The first-order chi connectivity index (χ1) is 26.3. The fraction of sp³-hybridized carbons (Fsp3) is 0.476. The molecule has 292 valence electrons. The Hall–Kier alpha value is -5.46. The second-order valence-corrected chi connectivity index (χ2v) is 15.4. The van der Waals surface area contributed by atoms with Crippen molar-refractivity contribution in [2.75, 3.05) is 13.7 Å². The summed E-state index contributed by atoms with van der Waals surface area (Å²) in [6, 6.07) is 13.9. The van der Waals surface area contributed by atoms with Crippen LogP contribution < -0.4 is 25.4 Å². The highest BCUT2D eigenvalue weighted by Gasteiger charge is 2.61. The molecule has 4 N–H and O–H groups in total. The molecule has 13 nitrogen and oxygen atoms in total. The topological polar surface area (TPSA) is 176 Å². The summed E-state index contributed by atoms with van der Waals surface area (Å²) in [4.78, 5) is 73.6. The molecule has 2 aliphatic carbocycles. The van der Waals surface area contributed by atoms with E-state index in [2.05, 4.69) is 22.5 Å². The van der Waals surface area contributed by atoms with Crippen LogP contribution in [0.2, 0.25) is 0 Å². The number of carboxylic acid groups (broad SMARTS) is 1. The van der Waals surface area contributed by atoms with Crippen LogP contribution in [0.25, 0.3) is 22.2 Å². The maximum atomic E-state index is 14.7. The molecule has 1 saturated heterocycles. The molecule has 0 bridgehead atoms. The first kappa shape index (κ1) is 39.2. The van der Waals surface area contributed by atoms with E-state index in [1.807, 2.05) is 54.6 Å². The van der Waals surface area contributed by atoms with Crippen molar-refractivity contribution in [3.63, 3.8) is 0 Å². The van der Waals surface area contributed by atoms with Gasteiger partial charge in [0.2, 0.25) is 23.6 Å². The Balaban J connectivity index is 1.32. The molecule has 6 rings (SSSR count). The average Bonchev–Trinajstić information content (AvgIpc) is 3.75. The summed E-state index contributed by atoms with van der Waals surface area (Å²) >= 11 is 0. The molecule has 0 radical (unpaired) electrons. The van der Waals surface area contributed by atoms with Crippen LogP contribution in [0.3, 0.4) is 0 Å². The van der Waals surface area contributed by atoms with Crippen molar-refractivity contribution in [1.82, 2.24) is 25.8 Å². The molecule has 1 aromatic heterocycles. The van der Waals surface area contributed by atoms with Crippen LogP contribution in [-0.2, 0) is 24.0 Å². The number of ether oxygens (including phenoxy) is 2. The maximum Gasteiger partial charge on any atom is 0.330 e. The number of rotatable bonds is 14. The molecule has 2 heterocycles. The molecule has 2 saturated carbocycles. The van der Waals surface area contributed by atoms with Crippen molar-refractivity contribution in [3.05, 3.63) is 67.3 Å². The molecule has 6 atom stereocenters. The zero-order valence-corrected chi connectivity index (χ0v) is 31.9. The van der Waals surface area contributed by atoms with Gasteiger partial charge in [-0.15, -0.1) is 6.58 Å². The number of pyridine rings is 1. The summed E-state index contributed by atoms with van der Waals surface area (Å²) in [5.74, 6) is -2.98. The molecular weight excluding hydrogens is 702 g/mol. The molecule has 4 amide bonds. The lowest BCUT2D eigenvalue weighted by atomic mass is 9.83. The predicted octanol–water partition coefficient (Wildman–Crippen LogP) is 4.63. The Morgan fingerprint density at radius 2 is 1.75 bits per heavy atom. The van der Waals surface area contributed by atoms with Crippen LogP contribution in [-0.4, -0.2) is 88.0 Å². The molecule has 55 heavy (non-hydrogen) atoms.